The first kappa shape index (κ1) is 13.8. The Labute approximate surface area is 119 Å². The minimum Gasteiger partial charge on any atom is -0.489 e. The van der Waals surface area contributed by atoms with E-state index in [1.54, 1.807) is 6.07 Å². The average molecular weight is 276 g/mol. The molecule has 0 aliphatic rings. The first-order chi connectivity index (χ1) is 8.97. The summed E-state index contributed by atoms with van der Waals surface area (Å²) in [5.41, 5.74) is 10.9. The molecular formula is C16H18ClNO. The van der Waals surface area contributed by atoms with E-state index in [2.05, 4.69) is 26.8 Å². The van der Waals surface area contributed by atoms with Gasteiger partial charge in [0.2, 0.25) is 0 Å². The summed E-state index contributed by atoms with van der Waals surface area (Å²) in [5, 5.41) is 0.641. The van der Waals surface area contributed by atoms with Gasteiger partial charge in [-0.2, -0.15) is 0 Å². The second kappa shape index (κ2) is 5.54. The molecule has 0 saturated carbocycles. The van der Waals surface area contributed by atoms with Gasteiger partial charge in [0.1, 0.15) is 12.4 Å². The maximum atomic E-state index is 6.14. The lowest BCUT2D eigenvalue weighted by Gasteiger charge is -2.13. The van der Waals surface area contributed by atoms with Crippen molar-refractivity contribution in [1.82, 2.24) is 0 Å². The van der Waals surface area contributed by atoms with E-state index in [-0.39, 0.29) is 0 Å². The Bertz CT molecular complexity index is 608. The Morgan fingerprint density at radius 3 is 2.53 bits per heavy atom. The number of halogens is 1. The molecule has 3 heteroatoms. The van der Waals surface area contributed by atoms with Crippen LogP contribution in [0.2, 0.25) is 5.02 Å². The zero-order valence-corrected chi connectivity index (χ0v) is 12.2. The highest BCUT2D eigenvalue weighted by Gasteiger charge is 2.06. The third-order valence-electron chi connectivity index (χ3n) is 3.22. The number of rotatable bonds is 3. The number of nitrogen functional groups attached to an aromatic ring is 1. The molecule has 0 heterocycles. The Kier molecular flexibility index (Phi) is 4.01. The van der Waals surface area contributed by atoms with Gasteiger partial charge in [0.25, 0.3) is 0 Å². The van der Waals surface area contributed by atoms with Gasteiger partial charge in [0, 0.05) is 16.3 Å². The SMILES string of the molecule is Cc1cc(C)c(C)c(OCc2ccc(N)cc2Cl)c1. The topological polar surface area (TPSA) is 35.2 Å². The molecule has 2 rings (SSSR count). The molecule has 0 amide bonds. The first-order valence-corrected chi connectivity index (χ1v) is 6.59. The monoisotopic (exact) mass is 275 g/mol. The number of aryl methyl sites for hydroxylation is 2. The van der Waals surface area contributed by atoms with Gasteiger partial charge in [-0.1, -0.05) is 23.7 Å². The van der Waals surface area contributed by atoms with E-state index >= 15 is 0 Å². The maximum Gasteiger partial charge on any atom is 0.123 e. The van der Waals surface area contributed by atoms with E-state index in [9.17, 15) is 0 Å². The molecule has 0 radical (unpaired) electrons. The van der Waals surface area contributed by atoms with Crippen molar-refractivity contribution in [2.45, 2.75) is 27.4 Å². The minimum atomic E-state index is 0.447. The summed E-state index contributed by atoms with van der Waals surface area (Å²) in [6.07, 6.45) is 0. The van der Waals surface area contributed by atoms with Crippen LogP contribution in [-0.4, -0.2) is 0 Å². The smallest absolute Gasteiger partial charge is 0.123 e. The van der Waals surface area contributed by atoms with Crippen molar-refractivity contribution in [1.29, 1.82) is 0 Å². The minimum absolute atomic E-state index is 0.447. The summed E-state index contributed by atoms with van der Waals surface area (Å²) in [6, 6.07) is 9.68. The highest BCUT2D eigenvalue weighted by Crippen LogP contribution is 2.26. The second-order valence-electron chi connectivity index (χ2n) is 4.84. The predicted molar refractivity (Wildman–Crippen MR) is 80.8 cm³/mol. The Hall–Kier alpha value is -1.67. The summed E-state index contributed by atoms with van der Waals surface area (Å²) in [5.74, 6) is 0.908. The molecule has 0 spiro atoms. The van der Waals surface area contributed by atoms with Crippen molar-refractivity contribution in [3.8, 4) is 5.75 Å². The van der Waals surface area contributed by atoms with Gasteiger partial charge in [-0.25, -0.2) is 0 Å². The van der Waals surface area contributed by atoms with E-state index in [1.807, 2.05) is 18.2 Å². The highest BCUT2D eigenvalue weighted by molar-refractivity contribution is 6.31. The van der Waals surface area contributed by atoms with Crippen molar-refractivity contribution in [2.75, 3.05) is 5.73 Å². The lowest BCUT2D eigenvalue weighted by atomic mass is 10.1. The fourth-order valence-corrected chi connectivity index (χ4v) is 2.23. The lowest BCUT2D eigenvalue weighted by molar-refractivity contribution is 0.304. The number of hydrogen-bond donors (Lipinski definition) is 1. The maximum absolute atomic E-state index is 6.14. The van der Waals surface area contributed by atoms with Crippen molar-refractivity contribution < 1.29 is 4.74 Å². The van der Waals surface area contributed by atoms with Crippen LogP contribution >= 0.6 is 11.6 Å². The predicted octanol–water partition coefficient (Wildman–Crippen LogP) is 4.43. The Morgan fingerprint density at radius 2 is 1.84 bits per heavy atom. The van der Waals surface area contributed by atoms with E-state index < -0.39 is 0 Å². The molecule has 0 bridgehead atoms. The highest BCUT2D eigenvalue weighted by atomic mass is 35.5. The molecule has 0 aliphatic carbocycles. The van der Waals surface area contributed by atoms with Crippen molar-refractivity contribution in [3.63, 3.8) is 0 Å². The molecular weight excluding hydrogens is 258 g/mol. The first-order valence-electron chi connectivity index (χ1n) is 6.22. The molecule has 0 atom stereocenters. The van der Waals surface area contributed by atoms with Crippen LogP contribution in [0.1, 0.15) is 22.3 Å². The molecule has 2 aromatic rings. The molecule has 0 aliphatic heterocycles. The number of ether oxygens (including phenoxy) is 1. The summed E-state index contributed by atoms with van der Waals surface area (Å²) < 4.78 is 5.88. The van der Waals surface area contributed by atoms with Crippen LogP contribution in [0.25, 0.3) is 0 Å². The van der Waals surface area contributed by atoms with Crippen LogP contribution < -0.4 is 10.5 Å². The summed E-state index contributed by atoms with van der Waals surface area (Å²) >= 11 is 6.14. The quantitative estimate of drug-likeness (QED) is 0.841. The lowest BCUT2D eigenvalue weighted by Crippen LogP contribution is -2.00. The average Bonchev–Trinajstić information content (AvgIpc) is 2.33. The summed E-state index contributed by atoms with van der Waals surface area (Å²) in [7, 11) is 0. The van der Waals surface area contributed by atoms with Crippen LogP contribution in [-0.2, 0) is 6.61 Å². The van der Waals surface area contributed by atoms with Gasteiger partial charge in [-0.05, 0) is 55.7 Å². The summed E-state index contributed by atoms with van der Waals surface area (Å²) in [4.78, 5) is 0. The van der Waals surface area contributed by atoms with Gasteiger partial charge in [-0.3, -0.25) is 0 Å². The van der Waals surface area contributed by atoms with E-state index in [4.69, 9.17) is 22.1 Å². The van der Waals surface area contributed by atoms with Gasteiger partial charge in [0.05, 0.1) is 0 Å². The normalized spacial score (nSPS) is 10.5. The zero-order chi connectivity index (χ0) is 14.0. The molecule has 0 aromatic heterocycles. The number of benzene rings is 2. The van der Waals surface area contributed by atoms with Gasteiger partial charge in [-0.15, -0.1) is 0 Å². The van der Waals surface area contributed by atoms with E-state index in [0.717, 1.165) is 16.9 Å². The van der Waals surface area contributed by atoms with E-state index in [1.165, 1.54) is 11.1 Å². The van der Waals surface area contributed by atoms with Crippen molar-refractivity contribution >= 4 is 17.3 Å². The fourth-order valence-electron chi connectivity index (χ4n) is 1.99. The van der Waals surface area contributed by atoms with Crippen LogP contribution in [0, 0.1) is 20.8 Å². The number of anilines is 1. The number of nitrogens with two attached hydrogens (primary N) is 1. The van der Waals surface area contributed by atoms with Gasteiger partial charge in [0.15, 0.2) is 0 Å². The van der Waals surface area contributed by atoms with Gasteiger partial charge < -0.3 is 10.5 Å². The zero-order valence-electron chi connectivity index (χ0n) is 11.5. The molecule has 19 heavy (non-hydrogen) atoms. The van der Waals surface area contributed by atoms with Gasteiger partial charge >= 0.3 is 0 Å². The van der Waals surface area contributed by atoms with Crippen molar-refractivity contribution in [2.24, 2.45) is 0 Å². The van der Waals surface area contributed by atoms with Crippen molar-refractivity contribution in [3.05, 3.63) is 57.6 Å². The number of hydrogen-bond acceptors (Lipinski definition) is 2. The molecule has 2 aromatic carbocycles. The largest absolute Gasteiger partial charge is 0.489 e. The third-order valence-corrected chi connectivity index (χ3v) is 3.58. The van der Waals surface area contributed by atoms with E-state index in [0.29, 0.717) is 17.3 Å². The molecule has 2 nitrogen and oxygen atoms in total. The summed E-state index contributed by atoms with van der Waals surface area (Å²) in [6.45, 7) is 6.67. The fraction of sp³-hybridized carbons (Fsp3) is 0.250. The Morgan fingerprint density at radius 1 is 1.11 bits per heavy atom. The molecule has 0 saturated heterocycles. The molecule has 0 fully saturated rings. The molecule has 2 N–H and O–H groups in total. The molecule has 0 unspecified atom stereocenters. The van der Waals surface area contributed by atoms with Crippen LogP contribution in [0.4, 0.5) is 5.69 Å². The van der Waals surface area contributed by atoms with Crippen LogP contribution in [0.3, 0.4) is 0 Å². The van der Waals surface area contributed by atoms with Crippen LogP contribution in [0.15, 0.2) is 30.3 Å². The molecule has 100 valence electrons. The standard InChI is InChI=1S/C16H18ClNO/c1-10-6-11(2)12(3)16(7-10)19-9-13-4-5-14(18)8-15(13)17/h4-8H,9,18H2,1-3H3. The second-order valence-corrected chi connectivity index (χ2v) is 5.25. The third kappa shape index (κ3) is 3.21. The Balaban J connectivity index is 2.19. The van der Waals surface area contributed by atoms with Crippen LogP contribution in [0.5, 0.6) is 5.75 Å².